The van der Waals surface area contributed by atoms with Crippen LogP contribution in [0.2, 0.25) is 0 Å². The summed E-state index contributed by atoms with van der Waals surface area (Å²) in [4.78, 5) is 11.5. The number of anilines is 1. The average Bonchev–Trinajstić information content (AvgIpc) is 2.38. The molecule has 112 valence electrons. The Balaban J connectivity index is 2.42. The van der Waals surface area contributed by atoms with E-state index >= 15 is 0 Å². The fraction of sp³-hybridized carbons (Fsp3) is 0.462. The zero-order chi connectivity index (χ0) is 15.0. The van der Waals surface area contributed by atoms with Crippen molar-refractivity contribution < 1.29 is 22.7 Å². The quantitative estimate of drug-likeness (QED) is 0.757. The SMILES string of the molecule is COCCCNCC(=O)Nc1cccc(C(F)(F)F)c1. The van der Waals surface area contributed by atoms with Crippen LogP contribution in [0.1, 0.15) is 12.0 Å². The predicted molar refractivity (Wildman–Crippen MR) is 69.4 cm³/mol. The Kier molecular flexibility index (Phi) is 6.47. The van der Waals surface area contributed by atoms with Gasteiger partial charge in [0.15, 0.2) is 0 Å². The number of methoxy groups -OCH3 is 1. The number of hydrogen-bond acceptors (Lipinski definition) is 3. The number of rotatable bonds is 7. The number of alkyl halides is 3. The molecular formula is C13H17F3N2O2. The molecule has 0 aliphatic heterocycles. The zero-order valence-corrected chi connectivity index (χ0v) is 11.1. The van der Waals surface area contributed by atoms with E-state index in [-0.39, 0.29) is 18.1 Å². The first-order chi connectivity index (χ1) is 9.43. The highest BCUT2D eigenvalue weighted by molar-refractivity contribution is 5.92. The molecule has 0 bridgehead atoms. The van der Waals surface area contributed by atoms with E-state index in [1.54, 1.807) is 7.11 Å². The molecule has 0 atom stereocenters. The lowest BCUT2D eigenvalue weighted by Crippen LogP contribution is -2.29. The molecule has 7 heteroatoms. The second-order valence-electron chi connectivity index (χ2n) is 4.15. The lowest BCUT2D eigenvalue weighted by atomic mass is 10.2. The number of carbonyl (C=O) groups excluding carboxylic acids is 1. The van der Waals surface area contributed by atoms with E-state index in [2.05, 4.69) is 10.6 Å². The number of benzene rings is 1. The van der Waals surface area contributed by atoms with Crippen LogP contribution in [0.15, 0.2) is 24.3 Å². The predicted octanol–water partition coefficient (Wildman–Crippen LogP) is 2.27. The third kappa shape index (κ3) is 6.03. The smallest absolute Gasteiger partial charge is 0.385 e. The molecule has 1 amide bonds. The second kappa shape index (κ2) is 7.86. The van der Waals surface area contributed by atoms with Gasteiger partial charge in [0.1, 0.15) is 0 Å². The third-order valence-corrected chi connectivity index (χ3v) is 2.46. The van der Waals surface area contributed by atoms with Gasteiger partial charge in [0.25, 0.3) is 0 Å². The normalized spacial score (nSPS) is 11.4. The standard InChI is InChI=1S/C13H17F3N2O2/c1-20-7-3-6-17-9-12(19)18-11-5-2-4-10(8-11)13(14,15)16/h2,4-5,8,17H,3,6-7,9H2,1H3,(H,18,19). The highest BCUT2D eigenvalue weighted by Crippen LogP contribution is 2.30. The van der Waals surface area contributed by atoms with Crippen LogP contribution >= 0.6 is 0 Å². The van der Waals surface area contributed by atoms with Gasteiger partial charge in [-0.05, 0) is 31.2 Å². The van der Waals surface area contributed by atoms with E-state index in [1.807, 2.05) is 0 Å². The summed E-state index contributed by atoms with van der Waals surface area (Å²) in [5.74, 6) is -0.387. The van der Waals surface area contributed by atoms with Crippen molar-refractivity contribution in [3.8, 4) is 0 Å². The van der Waals surface area contributed by atoms with Gasteiger partial charge in [0.2, 0.25) is 5.91 Å². The lowest BCUT2D eigenvalue weighted by molar-refractivity contribution is -0.137. The Morgan fingerprint density at radius 2 is 2.10 bits per heavy atom. The van der Waals surface area contributed by atoms with Gasteiger partial charge in [-0.3, -0.25) is 4.79 Å². The molecule has 0 unspecified atom stereocenters. The Morgan fingerprint density at radius 3 is 2.75 bits per heavy atom. The van der Waals surface area contributed by atoms with Crippen LogP contribution in [-0.2, 0) is 15.7 Å². The summed E-state index contributed by atoms with van der Waals surface area (Å²) in [6, 6.07) is 4.53. The molecule has 4 nitrogen and oxygen atoms in total. The van der Waals surface area contributed by atoms with Crippen molar-refractivity contribution in [2.24, 2.45) is 0 Å². The van der Waals surface area contributed by atoms with E-state index in [1.165, 1.54) is 12.1 Å². The number of amides is 1. The van der Waals surface area contributed by atoms with Gasteiger partial charge in [-0.1, -0.05) is 6.07 Å². The Morgan fingerprint density at radius 1 is 1.35 bits per heavy atom. The monoisotopic (exact) mass is 290 g/mol. The molecular weight excluding hydrogens is 273 g/mol. The molecule has 0 aliphatic rings. The summed E-state index contributed by atoms with van der Waals surface area (Å²) >= 11 is 0. The molecule has 0 heterocycles. The summed E-state index contributed by atoms with van der Waals surface area (Å²) in [6.07, 6.45) is -3.66. The van der Waals surface area contributed by atoms with Crippen molar-refractivity contribution in [2.45, 2.75) is 12.6 Å². The first-order valence-corrected chi connectivity index (χ1v) is 6.10. The first-order valence-electron chi connectivity index (χ1n) is 6.10. The van der Waals surface area contributed by atoms with Crippen molar-refractivity contribution in [2.75, 3.05) is 32.1 Å². The van der Waals surface area contributed by atoms with Crippen molar-refractivity contribution in [3.63, 3.8) is 0 Å². The molecule has 2 N–H and O–H groups in total. The molecule has 1 aromatic rings. The van der Waals surface area contributed by atoms with Gasteiger partial charge in [-0.2, -0.15) is 13.2 Å². The number of carbonyl (C=O) groups is 1. The van der Waals surface area contributed by atoms with Crippen LogP contribution in [0.4, 0.5) is 18.9 Å². The van der Waals surface area contributed by atoms with Gasteiger partial charge in [-0.15, -0.1) is 0 Å². The molecule has 0 fully saturated rings. The summed E-state index contributed by atoms with van der Waals surface area (Å²) in [5.41, 5.74) is -0.660. The summed E-state index contributed by atoms with van der Waals surface area (Å²) in [7, 11) is 1.58. The van der Waals surface area contributed by atoms with Crippen LogP contribution in [0.5, 0.6) is 0 Å². The van der Waals surface area contributed by atoms with Crippen molar-refractivity contribution >= 4 is 11.6 Å². The Labute approximate surface area is 115 Å². The topological polar surface area (TPSA) is 50.4 Å². The van der Waals surface area contributed by atoms with Gasteiger partial charge in [0, 0.05) is 19.4 Å². The molecule has 0 aromatic heterocycles. The van der Waals surface area contributed by atoms with Gasteiger partial charge >= 0.3 is 6.18 Å². The van der Waals surface area contributed by atoms with E-state index in [0.717, 1.165) is 18.6 Å². The summed E-state index contributed by atoms with van der Waals surface area (Å²) in [6.45, 7) is 1.23. The van der Waals surface area contributed by atoms with Gasteiger partial charge < -0.3 is 15.4 Å². The molecule has 0 saturated heterocycles. The number of ether oxygens (including phenoxy) is 1. The maximum atomic E-state index is 12.5. The maximum Gasteiger partial charge on any atom is 0.416 e. The van der Waals surface area contributed by atoms with E-state index < -0.39 is 11.7 Å². The Bertz CT molecular complexity index is 436. The molecule has 1 aromatic carbocycles. The van der Waals surface area contributed by atoms with Crippen LogP contribution in [-0.4, -0.2) is 32.7 Å². The minimum Gasteiger partial charge on any atom is -0.385 e. The minimum absolute atomic E-state index is 0.0416. The molecule has 1 rings (SSSR count). The zero-order valence-electron chi connectivity index (χ0n) is 11.1. The number of hydrogen-bond donors (Lipinski definition) is 2. The summed E-state index contributed by atoms with van der Waals surface area (Å²) in [5, 5.41) is 5.28. The number of halogens is 3. The third-order valence-electron chi connectivity index (χ3n) is 2.46. The van der Waals surface area contributed by atoms with Crippen molar-refractivity contribution in [1.82, 2.24) is 5.32 Å². The second-order valence-corrected chi connectivity index (χ2v) is 4.15. The van der Waals surface area contributed by atoms with E-state index in [9.17, 15) is 18.0 Å². The summed E-state index contributed by atoms with van der Waals surface area (Å²) < 4.78 is 42.3. The lowest BCUT2D eigenvalue weighted by Gasteiger charge is -2.10. The van der Waals surface area contributed by atoms with E-state index in [4.69, 9.17) is 4.74 Å². The van der Waals surface area contributed by atoms with E-state index in [0.29, 0.717) is 13.2 Å². The van der Waals surface area contributed by atoms with Crippen molar-refractivity contribution in [3.05, 3.63) is 29.8 Å². The number of nitrogens with one attached hydrogen (secondary N) is 2. The van der Waals surface area contributed by atoms with Crippen LogP contribution in [0.25, 0.3) is 0 Å². The molecule has 0 saturated carbocycles. The van der Waals surface area contributed by atoms with Gasteiger partial charge in [-0.25, -0.2) is 0 Å². The van der Waals surface area contributed by atoms with Crippen LogP contribution in [0, 0.1) is 0 Å². The van der Waals surface area contributed by atoms with Crippen LogP contribution in [0.3, 0.4) is 0 Å². The maximum absolute atomic E-state index is 12.5. The molecule has 0 radical (unpaired) electrons. The molecule has 20 heavy (non-hydrogen) atoms. The highest BCUT2D eigenvalue weighted by Gasteiger charge is 2.30. The minimum atomic E-state index is -4.42. The largest absolute Gasteiger partial charge is 0.416 e. The van der Waals surface area contributed by atoms with Crippen molar-refractivity contribution in [1.29, 1.82) is 0 Å². The first kappa shape index (κ1) is 16.5. The van der Waals surface area contributed by atoms with Crippen LogP contribution < -0.4 is 10.6 Å². The Hall–Kier alpha value is -1.60. The fourth-order valence-electron chi connectivity index (χ4n) is 1.52. The molecule has 0 spiro atoms. The van der Waals surface area contributed by atoms with Gasteiger partial charge in [0.05, 0.1) is 12.1 Å². The average molecular weight is 290 g/mol. The fourth-order valence-corrected chi connectivity index (χ4v) is 1.52. The molecule has 0 aliphatic carbocycles. The highest BCUT2D eigenvalue weighted by atomic mass is 19.4.